The van der Waals surface area contributed by atoms with E-state index in [0.29, 0.717) is 6.61 Å². The number of nitrogens with zero attached hydrogens (tertiary/aromatic N) is 2. The van der Waals surface area contributed by atoms with Gasteiger partial charge in [-0.1, -0.05) is 11.6 Å². The Morgan fingerprint density at radius 3 is 2.50 bits per heavy atom. The molecule has 0 saturated heterocycles. The molecular weight excluding hydrogens is 344 g/mol. The molecule has 134 valence electrons. The van der Waals surface area contributed by atoms with Crippen LogP contribution in [0, 0.1) is 0 Å². The fraction of sp³-hybridized carbons (Fsp3) is 0.318. The second-order valence-electron chi connectivity index (χ2n) is 6.70. The van der Waals surface area contributed by atoms with E-state index in [2.05, 4.69) is 51.7 Å². The van der Waals surface area contributed by atoms with Crippen molar-refractivity contribution in [2.24, 2.45) is 0 Å². The fourth-order valence-electron chi connectivity index (χ4n) is 3.71. The van der Waals surface area contributed by atoms with Gasteiger partial charge in [0.1, 0.15) is 17.6 Å². The number of fused-ring (bicyclic) bond motifs is 1. The second kappa shape index (κ2) is 7.55. The standard InChI is InChI=1S/C22H24ClN2O/c1-2-26-20-13-11-19(12-14-20)25-16-21(17-7-9-18(23)10-8-17)24-15-5-3-4-6-22(24)25/h7-14,16H,2-6,15H2,1H3/q+1. The number of hydrogen-bond acceptors (Lipinski definition) is 1. The van der Waals surface area contributed by atoms with Gasteiger partial charge in [-0.15, -0.1) is 0 Å². The third kappa shape index (κ3) is 3.36. The summed E-state index contributed by atoms with van der Waals surface area (Å²) in [7, 11) is 0. The number of benzene rings is 2. The molecule has 0 unspecified atom stereocenters. The van der Waals surface area contributed by atoms with E-state index in [4.69, 9.17) is 16.3 Å². The summed E-state index contributed by atoms with van der Waals surface area (Å²) in [5.74, 6) is 2.29. The van der Waals surface area contributed by atoms with Crippen molar-refractivity contribution >= 4 is 11.6 Å². The molecule has 1 aromatic heterocycles. The molecule has 0 amide bonds. The van der Waals surface area contributed by atoms with E-state index >= 15 is 0 Å². The van der Waals surface area contributed by atoms with Crippen LogP contribution in [0.2, 0.25) is 5.02 Å². The van der Waals surface area contributed by atoms with Gasteiger partial charge in [-0.25, -0.2) is 4.57 Å². The van der Waals surface area contributed by atoms with Gasteiger partial charge in [-0.05, 0) is 74.7 Å². The summed E-state index contributed by atoms with van der Waals surface area (Å²) in [6.45, 7) is 3.76. The summed E-state index contributed by atoms with van der Waals surface area (Å²) in [6, 6.07) is 16.5. The summed E-state index contributed by atoms with van der Waals surface area (Å²) in [6.07, 6.45) is 7.11. The number of aromatic nitrogens is 2. The zero-order valence-electron chi connectivity index (χ0n) is 15.1. The molecule has 26 heavy (non-hydrogen) atoms. The van der Waals surface area contributed by atoms with Crippen molar-refractivity contribution in [1.29, 1.82) is 0 Å². The van der Waals surface area contributed by atoms with Gasteiger partial charge < -0.3 is 4.74 Å². The maximum Gasteiger partial charge on any atom is 0.262 e. The minimum Gasteiger partial charge on any atom is -0.494 e. The van der Waals surface area contributed by atoms with Gasteiger partial charge in [-0.3, -0.25) is 0 Å². The predicted molar refractivity (Wildman–Crippen MR) is 105 cm³/mol. The number of hydrogen-bond donors (Lipinski definition) is 0. The van der Waals surface area contributed by atoms with Crippen LogP contribution >= 0.6 is 11.6 Å². The molecule has 0 radical (unpaired) electrons. The highest BCUT2D eigenvalue weighted by Gasteiger charge is 2.26. The lowest BCUT2D eigenvalue weighted by molar-refractivity contribution is -0.692. The average molecular weight is 368 g/mol. The molecule has 0 bridgehead atoms. The molecule has 1 aliphatic heterocycles. The van der Waals surface area contributed by atoms with Gasteiger partial charge in [0.15, 0.2) is 5.69 Å². The van der Waals surface area contributed by atoms with Crippen molar-refractivity contribution in [1.82, 2.24) is 4.57 Å². The lowest BCUT2D eigenvalue weighted by Gasteiger charge is -2.05. The predicted octanol–water partition coefficient (Wildman–Crippen LogP) is 5.21. The Labute approximate surface area is 159 Å². The van der Waals surface area contributed by atoms with Crippen molar-refractivity contribution in [3.63, 3.8) is 0 Å². The molecule has 1 aliphatic rings. The van der Waals surface area contributed by atoms with Crippen LogP contribution < -0.4 is 9.30 Å². The quantitative estimate of drug-likeness (QED) is 0.579. The van der Waals surface area contributed by atoms with Crippen molar-refractivity contribution in [2.45, 2.75) is 39.2 Å². The van der Waals surface area contributed by atoms with Crippen LogP contribution in [0.15, 0.2) is 54.7 Å². The van der Waals surface area contributed by atoms with Gasteiger partial charge in [-0.2, -0.15) is 4.57 Å². The molecule has 3 aromatic rings. The van der Waals surface area contributed by atoms with Crippen molar-refractivity contribution in [2.75, 3.05) is 6.61 Å². The summed E-state index contributed by atoms with van der Waals surface area (Å²) < 4.78 is 10.4. The fourth-order valence-corrected chi connectivity index (χ4v) is 3.84. The zero-order valence-corrected chi connectivity index (χ0v) is 15.9. The first-order chi connectivity index (χ1) is 12.8. The Kier molecular flexibility index (Phi) is 4.98. The van der Waals surface area contributed by atoms with Gasteiger partial charge in [0.2, 0.25) is 0 Å². The first-order valence-corrected chi connectivity index (χ1v) is 9.77. The zero-order chi connectivity index (χ0) is 17.9. The van der Waals surface area contributed by atoms with Crippen molar-refractivity contribution in [3.05, 3.63) is 65.6 Å². The number of ether oxygens (including phenoxy) is 1. The van der Waals surface area contributed by atoms with Crippen LogP contribution in [-0.4, -0.2) is 11.2 Å². The van der Waals surface area contributed by atoms with E-state index in [0.717, 1.165) is 23.7 Å². The van der Waals surface area contributed by atoms with Crippen molar-refractivity contribution in [3.8, 4) is 22.7 Å². The first-order valence-electron chi connectivity index (χ1n) is 9.39. The number of rotatable bonds is 4. The molecule has 4 rings (SSSR count). The minimum absolute atomic E-state index is 0.689. The molecule has 0 fully saturated rings. The monoisotopic (exact) mass is 367 g/mol. The first kappa shape index (κ1) is 17.2. The third-order valence-corrected chi connectivity index (χ3v) is 5.23. The highest BCUT2D eigenvalue weighted by Crippen LogP contribution is 2.25. The van der Waals surface area contributed by atoms with Gasteiger partial charge in [0.25, 0.3) is 5.82 Å². The average Bonchev–Trinajstić information content (AvgIpc) is 2.85. The summed E-state index contributed by atoms with van der Waals surface area (Å²) in [4.78, 5) is 0. The van der Waals surface area contributed by atoms with Gasteiger partial charge >= 0.3 is 0 Å². The van der Waals surface area contributed by atoms with E-state index in [-0.39, 0.29) is 0 Å². The Balaban J connectivity index is 1.80. The van der Waals surface area contributed by atoms with E-state index < -0.39 is 0 Å². The molecule has 0 saturated carbocycles. The summed E-state index contributed by atoms with van der Waals surface area (Å²) in [5.41, 5.74) is 3.65. The maximum atomic E-state index is 6.09. The molecule has 0 atom stereocenters. The highest BCUT2D eigenvalue weighted by atomic mass is 35.5. The Morgan fingerprint density at radius 2 is 1.77 bits per heavy atom. The molecule has 0 spiro atoms. The minimum atomic E-state index is 0.689. The Hall–Kier alpha value is -2.26. The van der Waals surface area contributed by atoms with Gasteiger partial charge in [0, 0.05) is 17.0 Å². The SMILES string of the molecule is CCOc1ccc(-n2cc(-c3ccc(Cl)cc3)[n+]3c2CCCCC3)cc1. The van der Waals surface area contributed by atoms with Crippen LogP contribution in [0.1, 0.15) is 32.0 Å². The molecular formula is C22H24ClN2O+. The lowest BCUT2D eigenvalue weighted by atomic mass is 10.1. The largest absolute Gasteiger partial charge is 0.494 e. The van der Waals surface area contributed by atoms with Crippen LogP contribution in [0.4, 0.5) is 0 Å². The van der Waals surface area contributed by atoms with Crippen molar-refractivity contribution < 1.29 is 9.30 Å². The number of imidazole rings is 1. The molecule has 2 aromatic carbocycles. The lowest BCUT2D eigenvalue weighted by Crippen LogP contribution is -2.38. The van der Waals surface area contributed by atoms with E-state index in [1.54, 1.807) is 0 Å². The molecule has 0 N–H and O–H groups in total. The topological polar surface area (TPSA) is 18.0 Å². The van der Waals surface area contributed by atoms with E-state index in [1.807, 2.05) is 19.1 Å². The van der Waals surface area contributed by atoms with Gasteiger partial charge in [0.05, 0.1) is 13.2 Å². The molecule has 4 heteroatoms. The summed E-state index contributed by atoms with van der Waals surface area (Å²) >= 11 is 6.09. The number of halogens is 1. The van der Waals surface area contributed by atoms with E-state index in [9.17, 15) is 0 Å². The van der Waals surface area contributed by atoms with Crippen LogP contribution in [0.3, 0.4) is 0 Å². The Bertz CT molecular complexity index is 882. The maximum absolute atomic E-state index is 6.09. The van der Waals surface area contributed by atoms with E-state index in [1.165, 1.54) is 42.0 Å². The highest BCUT2D eigenvalue weighted by molar-refractivity contribution is 6.30. The summed E-state index contributed by atoms with van der Waals surface area (Å²) in [5, 5.41) is 0.774. The Morgan fingerprint density at radius 1 is 1.00 bits per heavy atom. The van der Waals surface area contributed by atoms with Crippen LogP contribution in [0.5, 0.6) is 5.75 Å². The third-order valence-electron chi connectivity index (χ3n) is 4.98. The van der Waals surface area contributed by atoms with Crippen LogP contribution in [-0.2, 0) is 13.0 Å². The second-order valence-corrected chi connectivity index (χ2v) is 7.13. The molecule has 2 heterocycles. The molecule has 3 nitrogen and oxygen atoms in total. The smallest absolute Gasteiger partial charge is 0.262 e. The molecule has 0 aliphatic carbocycles. The normalized spacial score (nSPS) is 13.9. The van der Waals surface area contributed by atoms with Crippen LogP contribution in [0.25, 0.3) is 16.9 Å².